The number of amides is 3. The number of aliphatic hydroxyl groups excluding tert-OH is 1. The number of nitrogens with zero attached hydrogens (tertiary/aromatic N) is 2. The van der Waals surface area contributed by atoms with Crippen LogP contribution in [0.1, 0.15) is 33.6 Å². The van der Waals surface area contributed by atoms with Crippen molar-refractivity contribution in [3.05, 3.63) is 0 Å². The molecule has 3 amide bonds. The zero-order valence-corrected chi connectivity index (χ0v) is 14.1. The van der Waals surface area contributed by atoms with Crippen molar-refractivity contribution in [3.63, 3.8) is 0 Å². The van der Waals surface area contributed by atoms with E-state index in [1.165, 1.54) is 4.90 Å². The van der Waals surface area contributed by atoms with Gasteiger partial charge in [0.2, 0.25) is 0 Å². The highest BCUT2D eigenvalue weighted by Crippen LogP contribution is 2.15. The highest BCUT2D eigenvalue weighted by Gasteiger charge is 2.23. The van der Waals surface area contributed by atoms with Gasteiger partial charge < -0.3 is 25.0 Å². The lowest BCUT2D eigenvalue weighted by molar-refractivity contribution is 0.0300. The van der Waals surface area contributed by atoms with E-state index < -0.39 is 11.7 Å². The summed E-state index contributed by atoms with van der Waals surface area (Å²) in [6.07, 6.45) is 1.47. The highest BCUT2D eigenvalue weighted by atomic mass is 16.6. The van der Waals surface area contributed by atoms with Crippen LogP contribution < -0.4 is 5.32 Å². The minimum Gasteiger partial charge on any atom is -0.444 e. The van der Waals surface area contributed by atoms with Crippen LogP contribution in [0.4, 0.5) is 9.59 Å². The lowest BCUT2D eigenvalue weighted by Crippen LogP contribution is -2.48. The minimum atomic E-state index is -0.526. The van der Waals surface area contributed by atoms with Gasteiger partial charge in [0.15, 0.2) is 0 Å². The summed E-state index contributed by atoms with van der Waals surface area (Å²) in [5.74, 6) is 0.170. The van der Waals surface area contributed by atoms with Crippen LogP contribution in [0.25, 0.3) is 0 Å². The Kier molecular flexibility index (Phi) is 6.93. The molecule has 0 saturated carbocycles. The third-order valence-corrected chi connectivity index (χ3v) is 3.49. The molecule has 0 aliphatic carbocycles. The molecule has 7 nitrogen and oxygen atoms in total. The molecular weight excluding hydrogens is 286 g/mol. The fourth-order valence-corrected chi connectivity index (χ4v) is 2.27. The van der Waals surface area contributed by atoms with Crippen molar-refractivity contribution in [1.82, 2.24) is 15.1 Å². The maximum Gasteiger partial charge on any atom is 0.410 e. The predicted octanol–water partition coefficient (Wildman–Crippen LogP) is 1.27. The number of likely N-dealkylation sites (tertiary alicyclic amines) is 1. The SMILES string of the molecule is CN(CCNC(=O)N1CCC[C@H](CO)C1)C(=O)OC(C)(C)C. The Balaban J connectivity index is 2.28. The minimum absolute atomic E-state index is 0.116. The van der Waals surface area contributed by atoms with Gasteiger partial charge in [-0.3, -0.25) is 0 Å². The predicted molar refractivity (Wildman–Crippen MR) is 83.6 cm³/mol. The second-order valence-corrected chi connectivity index (χ2v) is 6.77. The summed E-state index contributed by atoms with van der Waals surface area (Å²) in [5, 5.41) is 12.0. The number of piperidine rings is 1. The fourth-order valence-electron chi connectivity index (χ4n) is 2.27. The third kappa shape index (κ3) is 6.51. The van der Waals surface area contributed by atoms with Gasteiger partial charge in [0.05, 0.1) is 0 Å². The van der Waals surface area contributed by atoms with Crippen molar-refractivity contribution in [2.75, 3.05) is 39.8 Å². The zero-order valence-electron chi connectivity index (χ0n) is 14.1. The molecule has 128 valence electrons. The summed E-state index contributed by atoms with van der Waals surface area (Å²) in [6, 6.07) is -0.143. The molecule has 7 heteroatoms. The molecule has 22 heavy (non-hydrogen) atoms. The maximum absolute atomic E-state index is 12.0. The molecule has 0 aromatic heterocycles. The van der Waals surface area contributed by atoms with Crippen LogP contribution >= 0.6 is 0 Å². The van der Waals surface area contributed by atoms with Crippen molar-refractivity contribution in [1.29, 1.82) is 0 Å². The molecule has 1 fully saturated rings. The van der Waals surface area contributed by atoms with E-state index in [9.17, 15) is 14.7 Å². The standard InChI is InChI=1S/C15H29N3O4/c1-15(2,3)22-14(21)17(4)9-7-16-13(20)18-8-5-6-12(10-18)11-19/h12,19H,5-11H2,1-4H3,(H,16,20)/t12-/m0/s1. The van der Waals surface area contributed by atoms with Gasteiger partial charge in [0.1, 0.15) is 5.60 Å². The molecule has 0 aromatic carbocycles. The lowest BCUT2D eigenvalue weighted by Gasteiger charge is -2.32. The number of hydrogen-bond acceptors (Lipinski definition) is 4. The third-order valence-electron chi connectivity index (χ3n) is 3.49. The Hall–Kier alpha value is -1.50. The summed E-state index contributed by atoms with van der Waals surface area (Å²) in [6.45, 7) is 7.61. The maximum atomic E-state index is 12.0. The largest absolute Gasteiger partial charge is 0.444 e. The second-order valence-electron chi connectivity index (χ2n) is 6.77. The molecule has 1 rings (SSSR count). The van der Waals surface area contributed by atoms with E-state index in [0.29, 0.717) is 26.2 Å². The van der Waals surface area contributed by atoms with Crippen LogP contribution in [0, 0.1) is 5.92 Å². The van der Waals surface area contributed by atoms with Crippen LogP contribution in [0.5, 0.6) is 0 Å². The van der Waals surface area contributed by atoms with Crippen LogP contribution in [0.15, 0.2) is 0 Å². The molecule has 1 atom stereocenters. The monoisotopic (exact) mass is 315 g/mol. The van der Waals surface area contributed by atoms with Gasteiger partial charge in [-0.25, -0.2) is 9.59 Å². The number of likely N-dealkylation sites (N-methyl/N-ethyl adjacent to an activating group) is 1. The van der Waals surface area contributed by atoms with Crippen molar-refractivity contribution in [2.24, 2.45) is 5.92 Å². The molecule has 1 saturated heterocycles. The van der Waals surface area contributed by atoms with E-state index in [1.54, 1.807) is 11.9 Å². The highest BCUT2D eigenvalue weighted by molar-refractivity contribution is 5.74. The van der Waals surface area contributed by atoms with Gasteiger partial charge >= 0.3 is 12.1 Å². The number of aliphatic hydroxyl groups is 1. The number of rotatable bonds is 4. The van der Waals surface area contributed by atoms with Crippen LogP contribution in [-0.4, -0.2) is 72.5 Å². The molecule has 0 spiro atoms. The summed E-state index contributed by atoms with van der Waals surface area (Å²) in [4.78, 5) is 27.0. The van der Waals surface area contributed by atoms with Gasteiger partial charge in [-0.2, -0.15) is 0 Å². The first-order valence-electron chi connectivity index (χ1n) is 7.80. The number of carbonyl (C=O) groups is 2. The Labute approximate surface area is 132 Å². The number of hydrogen-bond donors (Lipinski definition) is 2. The molecule has 1 aliphatic heterocycles. The van der Waals surface area contributed by atoms with Gasteiger partial charge in [0, 0.05) is 39.8 Å². The quantitative estimate of drug-likeness (QED) is 0.818. The molecule has 0 bridgehead atoms. The normalized spacial score (nSPS) is 18.8. The summed E-state index contributed by atoms with van der Waals surface area (Å²) in [7, 11) is 1.64. The first-order chi connectivity index (χ1) is 10.2. The number of ether oxygens (including phenoxy) is 1. The van der Waals surface area contributed by atoms with Crippen molar-refractivity contribution < 1.29 is 19.4 Å². The van der Waals surface area contributed by atoms with E-state index in [4.69, 9.17) is 4.74 Å². The molecule has 0 radical (unpaired) electrons. The summed E-state index contributed by atoms with van der Waals surface area (Å²) >= 11 is 0. The van der Waals surface area contributed by atoms with E-state index in [-0.39, 0.29) is 18.6 Å². The van der Waals surface area contributed by atoms with Crippen molar-refractivity contribution in [3.8, 4) is 0 Å². The Morgan fingerprint density at radius 1 is 1.41 bits per heavy atom. The van der Waals surface area contributed by atoms with E-state index in [1.807, 2.05) is 20.8 Å². The van der Waals surface area contributed by atoms with Crippen LogP contribution in [-0.2, 0) is 4.74 Å². The van der Waals surface area contributed by atoms with Gasteiger partial charge in [-0.1, -0.05) is 0 Å². The molecule has 1 heterocycles. The Morgan fingerprint density at radius 3 is 2.68 bits per heavy atom. The number of carbonyl (C=O) groups excluding carboxylic acids is 2. The first kappa shape index (κ1) is 18.5. The molecule has 2 N–H and O–H groups in total. The second kappa shape index (κ2) is 8.22. The van der Waals surface area contributed by atoms with Gasteiger partial charge in [0.25, 0.3) is 0 Å². The van der Waals surface area contributed by atoms with Crippen LogP contribution in [0.3, 0.4) is 0 Å². The van der Waals surface area contributed by atoms with Crippen molar-refractivity contribution >= 4 is 12.1 Å². The smallest absolute Gasteiger partial charge is 0.410 e. The number of nitrogens with one attached hydrogen (secondary N) is 1. The molecule has 0 unspecified atom stereocenters. The molecule has 1 aliphatic rings. The topological polar surface area (TPSA) is 82.1 Å². The van der Waals surface area contributed by atoms with Gasteiger partial charge in [-0.05, 0) is 39.5 Å². The summed E-state index contributed by atoms with van der Waals surface area (Å²) < 4.78 is 5.24. The lowest BCUT2D eigenvalue weighted by atomic mass is 9.99. The van der Waals surface area contributed by atoms with Crippen molar-refractivity contribution in [2.45, 2.75) is 39.2 Å². The van der Waals surface area contributed by atoms with E-state index in [2.05, 4.69) is 5.32 Å². The number of urea groups is 1. The Bertz CT molecular complexity index is 381. The average Bonchev–Trinajstić information content (AvgIpc) is 2.45. The average molecular weight is 315 g/mol. The fraction of sp³-hybridized carbons (Fsp3) is 0.867. The van der Waals surface area contributed by atoms with E-state index >= 15 is 0 Å². The van der Waals surface area contributed by atoms with Crippen LogP contribution in [0.2, 0.25) is 0 Å². The zero-order chi connectivity index (χ0) is 16.8. The molecule has 0 aromatic rings. The van der Waals surface area contributed by atoms with E-state index in [0.717, 1.165) is 12.8 Å². The van der Waals surface area contributed by atoms with Gasteiger partial charge in [-0.15, -0.1) is 0 Å². The first-order valence-corrected chi connectivity index (χ1v) is 7.80. The summed E-state index contributed by atoms with van der Waals surface area (Å²) in [5.41, 5.74) is -0.526. The molecular formula is C15H29N3O4. The Morgan fingerprint density at radius 2 is 2.09 bits per heavy atom.